The zero-order valence-electron chi connectivity index (χ0n) is 10.2. The van der Waals surface area contributed by atoms with Crippen molar-refractivity contribution in [3.05, 3.63) is 41.8 Å². The van der Waals surface area contributed by atoms with Crippen LogP contribution in [-0.2, 0) is 5.41 Å². The Labute approximate surface area is 101 Å². The lowest BCUT2D eigenvalue weighted by Crippen LogP contribution is -2.14. The molecule has 0 unspecified atom stereocenters. The molecular formula is C14H14N2O. The second-order valence-electron chi connectivity index (χ2n) is 4.64. The van der Waals surface area contributed by atoms with Gasteiger partial charge in [-0.1, -0.05) is 17.7 Å². The molecule has 1 aromatic heterocycles. The third-order valence-electron chi connectivity index (χ3n) is 2.72. The van der Waals surface area contributed by atoms with Crippen molar-refractivity contribution in [2.24, 2.45) is 0 Å². The van der Waals surface area contributed by atoms with E-state index >= 15 is 0 Å². The lowest BCUT2D eigenvalue weighted by atomic mass is 9.92. The van der Waals surface area contributed by atoms with E-state index in [2.05, 4.69) is 11.1 Å². The second kappa shape index (κ2) is 4.06. The molecule has 0 fully saturated rings. The Bertz CT molecular complexity index is 559. The molecule has 0 saturated carbocycles. The molecule has 0 radical (unpaired) electrons. The maximum atomic E-state index is 9.03. The first-order valence-corrected chi connectivity index (χ1v) is 5.47. The minimum Gasteiger partial charge on any atom is -0.444 e. The van der Waals surface area contributed by atoms with Crippen molar-refractivity contribution in [2.45, 2.75) is 26.2 Å². The van der Waals surface area contributed by atoms with Crippen molar-refractivity contribution in [1.29, 1.82) is 5.26 Å². The number of oxazole rings is 1. The van der Waals surface area contributed by atoms with Gasteiger partial charge in [-0.25, -0.2) is 4.98 Å². The number of hydrogen-bond donors (Lipinski definition) is 0. The van der Waals surface area contributed by atoms with Gasteiger partial charge in [-0.15, -0.1) is 0 Å². The first-order chi connectivity index (χ1) is 8.03. The summed E-state index contributed by atoms with van der Waals surface area (Å²) in [5.41, 5.74) is 2.16. The molecular weight excluding hydrogens is 212 g/mol. The molecule has 3 heteroatoms. The van der Waals surface area contributed by atoms with E-state index in [1.807, 2.05) is 45.0 Å². The molecule has 0 atom stereocenters. The molecule has 17 heavy (non-hydrogen) atoms. The van der Waals surface area contributed by atoms with Crippen molar-refractivity contribution in [1.82, 2.24) is 4.98 Å². The molecule has 0 aliphatic rings. The van der Waals surface area contributed by atoms with Crippen LogP contribution in [0.15, 0.2) is 34.9 Å². The molecule has 1 aromatic carbocycles. The van der Waals surface area contributed by atoms with Gasteiger partial charge in [0.1, 0.15) is 6.26 Å². The van der Waals surface area contributed by atoms with Gasteiger partial charge in [0.25, 0.3) is 0 Å². The molecule has 86 valence electrons. The Morgan fingerprint density at radius 2 is 1.88 bits per heavy atom. The van der Waals surface area contributed by atoms with Gasteiger partial charge in [-0.3, -0.25) is 0 Å². The highest BCUT2D eigenvalue weighted by Gasteiger charge is 2.24. The lowest BCUT2D eigenvalue weighted by molar-refractivity contribution is 0.565. The van der Waals surface area contributed by atoms with Crippen LogP contribution < -0.4 is 0 Å². The number of aryl methyl sites for hydroxylation is 1. The van der Waals surface area contributed by atoms with Crippen LogP contribution in [0.25, 0.3) is 11.5 Å². The smallest absolute Gasteiger partial charge is 0.226 e. The maximum absolute atomic E-state index is 9.03. The molecule has 0 aliphatic heterocycles. The van der Waals surface area contributed by atoms with Crippen LogP contribution in [0.3, 0.4) is 0 Å². The van der Waals surface area contributed by atoms with Gasteiger partial charge >= 0.3 is 0 Å². The molecule has 0 aliphatic carbocycles. The molecule has 3 nitrogen and oxygen atoms in total. The Balaban J connectivity index is 2.37. The van der Waals surface area contributed by atoms with Gasteiger partial charge in [-0.05, 0) is 32.9 Å². The SMILES string of the molecule is Cc1ccc(-c2nc(C(C)(C)C#N)co2)cc1. The molecule has 0 N–H and O–H groups in total. The maximum Gasteiger partial charge on any atom is 0.226 e. The van der Waals surface area contributed by atoms with Crippen LogP contribution in [0, 0.1) is 18.3 Å². The van der Waals surface area contributed by atoms with Gasteiger partial charge in [-0.2, -0.15) is 5.26 Å². The molecule has 0 spiro atoms. The van der Waals surface area contributed by atoms with Gasteiger partial charge in [0.05, 0.1) is 17.2 Å². The molecule has 0 bridgehead atoms. The zero-order valence-corrected chi connectivity index (χ0v) is 10.2. The van der Waals surface area contributed by atoms with Crippen LogP contribution in [-0.4, -0.2) is 4.98 Å². The largest absolute Gasteiger partial charge is 0.444 e. The highest BCUT2D eigenvalue weighted by atomic mass is 16.3. The predicted molar refractivity (Wildman–Crippen MR) is 65.3 cm³/mol. The zero-order chi connectivity index (χ0) is 12.5. The van der Waals surface area contributed by atoms with E-state index in [0.29, 0.717) is 11.6 Å². The first kappa shape index (κ1) is 11.4. The summed E-state index contributed by atoms with van der Waals surface area (Å²) in [6, 6.07) is 10.2. The quantitative estimate of drug-likeness (QED) is 0.788. The fourth-order valence-corrected chi connectivity index (χ4v) is 1.45. The number of benzene rings is 1. The fourth-order valence-electron chi connectivity index (χ4n) is 1.45. The van der Waals surface area contributed by atoms with Gasteiger partial charge in [0, 0.05) is 5.56 Å². The highest BCUT2D eigenvalue weighted by Crippen LogP contribution is 2.25. The molecule has 2 aromatic rings. The normalized spacial score (nSPS) is 11.2. The number of aromatic nitrogens is 1. The minimum absolute atomic E-state index is 0.559. The summed E-state index contributed by atoms with van der Waals surface area (Å²) < 4.78 is 5.42. The summed E-state index contributed by atoms with van der Waals surface area (Å²) >= 11 is 0. The van der Waals surface area contributed by atoms with Gasteiger partial charge in [0.2, 0.25) is 5.89 Å². The predicted octanol–water partition coefficient (Wildman–Crippen LogP) is 3.45. The molecule has 0 saturated heterocycles. The van der Waals surface area contributed by atoms with E-state index in [1.54, 1.807) is 6.26 Å². The van der Waals surface area contributed by atoms with Crippen LogP contribution in [0.2, 0.25) is 0 Å². The van der Waals surface area contributed by atoms with Gasteiger partial charge in [0.15, 0.2) is 0 Å². The molecule has 0 amide bonds. The standard InChI is InChI=1S/C14H14N2O/c1-10-4-6-11(7-5-10)13-16-12(8-17-13)14(2,3)9-15/h4-8H,1-3H3. The van der Waals surface area contributed by atoms with Crippen molar-refractivity contribution >= 4 is 0 Å². The van der Waals surface area contributed by atoms with E-state index in [1.165, 1.54) is 5.56 Å². The average Bonchev–Trinajstić information content (AvgIpc) is 2.80. The fraction of sp³-hybridized carbons (Fsp3) is 0.286. The summed E-state index contributed by atoms with van der Waals surface area (Å²) in [6.07, 6.45) is 1.55. The number of hydrogen-bond acceptors (Lipinski definition) is 3. The van der Waals surface area contributed by atoms with E-state index in [-0.39, 0.29) is 0 Å². The first-order valence-electron chi connectivity index (χ1n) is 5.47. The van der Waals surface area contributed by atoms with Gasteiger partial charge < -0.3 is 4.42 Å². The Hall–Kier alpha value is -2.08. The Kier molecular flexibility index (Phi) is 2.72. The van der Waals surface area contributed by atoms with Crippen LogP contribution in [0.4, 0.5) is 0 Å². The third kappa shape index (κ3) is 2.21. The Morgan fingerprint density at radius 1 is 1.24 bits per heavy atom. The van der Waals surface area contributed by atoms with E-state index in [4.69, 9.17) is 9.68 Å². The minimum atomic E-state index is -0.619. The van der Waals surface area contributed by atoms with Crippen molar-refractivity contribution in [3.63, 3.8) is 0 Å². The summed E-state index contributed by atoms with van der Waals surface area (Å²) in [4.78, 5) is 4.36. The van der Waals surface area contributed by atoms with Crippen molar-refractivity contribution in [2.75, 3.05) is 0 Å². The summed E-state index contributed by atoms with van der Waals surface area (Å²) in [5.74, 6) is 0.559. The summed E-state index contributed by atoms with van der Waals surface area (Å²) in [7, 11) is 0. The third-order valence-corrected chi connectivity index (χ3v) is 2.72. The average molecular weight is 226 g/mol. The van der Waals surface area contributed by atoms with E-state index in [0.717, 1.165) is 5.56 Å². The topological polar surface area (TPSA) is 49.8 Å². The van der Waals surface area contributed by atoms with E-state index in [9.17, 15) is 0 Å². The number of nitrogens with zero attached hydrogens (tertiary/aromatic N) is 2. The van der Waals surface area contributed by atoms with Crippen molar-refractivity contribution < 1.29 is 4.42 Å². The highest BCUT2D eigenvalue weighted by molar-refractivity contribution is 5.54. The van der Waals surface area contributed by atoms with E-state index < -0.39 is 5.41 Å². The summed E-state index contributed by atoms with van der Waals surface area (Å²) in [6.45, 7) is 5.68. The van der Waals surface area contributed by atoms with Crippen molar-refractivity contribution in [3.8, 4) is 17.5 Å². The summed E-state index contributed by atoms with van der Waals surface area (Å²) in [5, 5.41) is 9.03. The van der Waals surface area contributed by atoms with Crippen LogP contribution in [0.5, 0.6) is 0 Å². The van der Waals surface area contributed by atoms with Crippen LogP contribution >= 0.6 is 0 Å². The van der Waals surface area contributed by atoms with Crippen LogP contribution in [0.1, 0.15) is 25.1 Å². The molecule has 2 rings (SSSR count). The Morgan fingerprint density at radius 3 is 2.47 bits per heavy atom. The second-order valence-corrected chi connectivity index (χ2v) is 4.64. The lowest BCUT2D eigenvalue weighted by Gasteiger charge is -2.09. The molecule has 1 heterocycles. The monoisotopic (exact) mass is 226 g/mol. The number of nitriles is 1. The number of rotatable bonds is 2.